The zero-order valence-corrected chi connectivity index (χ0v) is 43.1. The van der Waals surface area contributed by atoms with Gasteiger partial charge in [-0.2, -0.15) is 0 Å². The summed E-state index contributed by atoms with van der Waals surface area (Å²) in [5.74, 6) is 0. The first-order chi connectivity index (χ1) is 32.6. The van der Waals surface area contributed by atoms with Crippen molar-refractivity contribution < 1.29 is 4.42 Å². The van der Waals surface area contributed by atoms with E-state index in [0.717, 1.165) is 17.6 Å². The van der Waals surface area contributed by atoms with Crippen molar-refractivity contribution in [2.45, 2.75) is 148 Å². The van der Waals surface area contributed by atoms with E-state index < -0.39 is 0 Å². The zero-order chi connectivity index (χ0) is 47.9. The molecule has 4 heteroatoms. The fraction of sp³-hybridized carbons (Fsp3) is 0.354. The first kappa shape index (κ1) is 41.9. The second-order valence-electron chi connectivity index (χ2n) is 26.2. The second kappa shape index (κ2) is 12.9. The predicted octanol–water partition coefficient (Wildman–Crippen LogP) is 16.2. The minimum Gasteiger partial charge on any atom is -0.456 e. The van der Waals surface area contributed by atoms with Crippen LogP contribution in [0.5, 0.6) is 0 Å². The highest BCUT2D eigenvalue weighted by atomic mass is 16.3. The van der Waals surface area contributed by atoms with Crippen LogP contribution in [0.25, 0.3) is 71.7 Å². The molecule has 69 heavy (non-hydrogen) atoms. The maximum Gasteiger partial charge on any atom is 0.333 e. The van der Waals surface area contributed by atoms with Gasteiger partial charge in [-0.05, 0) is 162 Å². The van der Waals surface area contributed by atoms with E-state index in [1.54, 1.807) is 0 Å². The molecule has 0 saturated heterocycles. The van der Waals surface area contributed by atoms with Gasteiger partial charge in [0, 0.05) is 55.7 Å². The lowest BCUT2D eigenvalue weighted by molar-refractivity contribution is 0.332. The molecule has 2 aliphatic heterocycles. The highest BCUT2D eigenvalue weighted by Gasteiger charge is 2.52. The Labute approximate surface area is 409 Å². The molecule has 0 saturated carbocycles. The van der Waals surface area contributed by atoms with Crippen LogP contribution in [-0.4, -0.2) is 11.4 Å². The number of benzene rings is 7. The lowest BCUT2D eigenvalue weighted by atomic mass is 9.43. The molecule has 0 radical (unpaired) electrons. The molecule has 14 rings (SSSR count). The van der Waals surface area contributed by atoms with Crippen molar-refractivity contribution in [2.24, 2.45) is 0 Å². The van der Waals surface area contributed by atoms with Gasteiger partial charge in [0.1, 0.15) is 11.2 Å². The zero-order valence-electron chi connectivity index (χ0n) is 43.1. The fourth-order valence-corrected chi connectivity index (χ4v) is 14.6. The molecule has 0 spiro atoms. The molecule has 2 aromatic heterocycles. The molecule has 0 unspecified atom stereocenters. The minimum absolute atomic E-state index is 0.0289. The third-order valence-corrected chi connectivity index (χ3v) is 18.8. The topological polar surface area (TPSA) is 21.3 Å². The molecule has 4 heterocycles. The van der Waals surface area contributed by atoms with Gasteiger partial charge in [-0.25, -0.2) is 0 Å². The van der Waals surface area contributed by atoms with Crippen LogP contribution in [0.4, 0.5) is 11.4 Å². The largest absolute Gasteiger partial charge is 0.456 e. The Morgan fingerprint density at radius 3 is 1.81 bits per heavy atom. The quantitative estimate of drug-likeness (QED) is 0.153. The van der Waals surface area contributed by atoms with Gasteiger partial charge in [0.15, 0.2) is 0 Å². The lowest BCUT2D eigenvalue weighted by Crippen LogP contribution is -2.61. The molecule has 9 aromatic rings. The lowest BCUT2D eigenvalue weighted by Gasteiger charge is -2.47. The molecule has 0 N–H and O–H groups in total. The van der Waals surface area contributed by atoms with Crippen molar-refractivity contribution >= 4 is 72.9 Å². The average Bonchev–Trinajstić information content (AvgIpc) is 3.92. The number of para-hydroxylation sites is 1. The molecule has 3 aliphatic carbocycles. The van der Waals surface area contributed by atoms with Crippen LogP contribution in [0.15, 0.2) is 114 Å². The number of hydrogen-bond acceptors (Lipinski definition) is 2. The molecule has 344 valence electrons. The highest BCUT2D eigenvalue weighted by molar-refractivity contribution is 6.94. The third kappa shape index (κ3) is 5.26. The number of hydrogen-bond donors (Lipinski definition) is 0. The van der Waals surface area contributed by atoms with Crippen molar-refractivity contribution in [1.29, 1.82) is 0 Å². The number of nitrogens with zero attached hydrogens (tertiary/aromatic N) is 2. The van der Waals surface area contributed by atoms with Crippen LogP contribution in [0.2, 0.25) is 0 Å². The Balaban J connectivity index is 1.25. The van der Waals surface area contributed by atoms with Gasteiger partial charge < -0.3 is 13.8 Å². The predicted molar refractivity (Wildman–Crippen MR) is 294 cm³/mol. The smallest absolute Gasteiger partial charge is 0.333 e. The van der Waals surface area contributed by atoms with Crippen LogP contribution in [0.3, 0.4) is 0 Å². The van der Waals surface area contributed by atoms with E-state index in [-0.39, 0.29) is 39.3 Å². The van der Waals surface area contributed by atoms with Gasteiger partial charge in [-0.15, -0.1) is 0 Å². The molecule has 3 nitrogen and oxygen atoms in total. The Morgan fingerprint density at radius 2 is 1.13 bits per heavy atom. The van der Waals surface area contributed by atoms with Crippen molar-refractivity contribution in [2.75, 3.05) is 4.81 Å². The van der Waals surface area contributed by atoms with Crippen molar-refractivity contribution in [3.63, 3.8) is 0 Å². The second-order valence-corrected chi connectivity index (χ2v) is 26.2. The van der Waals surface area contributed by atoms with Gasteiger partial charge in [0.25, 0.3) is 0 Å². The summed E-state index contributed by atoms with van der Waals surface area (Å²) in [5.41, 5.74) is 26.9. The molecule has 0 fully saturated rings. The van der Waals surface area contributed by atoms with E-state index in [9.17, 15) is 0 Å². The van der Waals surface area contributed by atoms with Crippen molar-refractivity contribution in [1.82, 2.24) is 4.57 Å². The van der Waals surface area contributed by atoms with E-state index in [1.807, 2.05) is 0 Å². The van der Waals surface area contributed by atoms with E-state index >= 15 is 0 Å². The SMILES string of the molecule is CC(C)(C)c1ccc(N2B3c4cc5c(cc4-n4c6cc7c(cc6c6c8c(c(c3c64)-c3cc4c(cc32)C(C)(C)CCC4(C)C)-c2ccccc2C8(C)C)C(C)(C)CCC7(C)C)oc2ccccc25)cc1. The summed E-state index contributed by atoms with van der Waals surface area (Å²) < 4.78 is 9.62. The van der Waals surface area contributed by atoms with Crippen molar-refractivity contribution in [3.8, 4) is 27.9 Å². The maximum absolute atomic E-state index is 6.89. The molecule has 0 amide bonds. The molecule has 0 atom stereocenters. The Kier molecular flexibility index (Phi) is 7.81. The first-order valence-corrected chi connectivity index (χ1v) is 26.0. The van der Waals surface area contributed by atoms with Crippen molar-refractivity contribution in [3.05, 3.63) is 148 Å². The molecule has 5 aliphatic rings. The van der Waals surface area contributed by atoms with E-state index in [1.165, 1.54) is 141 Å². The molecule has 7 aromatic carbocycles. The first-order valence-electron chi connectivity index (χ1n) is 26.0. The highest BCUT2D eigenvalue weighted by Crippen LogP contribution is 2.61. The Bertz CT molecular complexity index is 3800. The van der Waals surface area contributed by atoms with Gasteiger partial charge in [-0.3, -0.25) is 0 Å². The number of fused-ring (bicyclic) bond motifs is 18. The summed E-state index contributed by atoms with van der Waals surface area (Å²) in [6, 6.07) is 43.4. The maximum atomic E-state index is 6.89. The summed E-state index contributed by atoms with van der Waals surface area (Å²) in [7, 11) is 0. The van der Waals surface area contributed by atoms with Crippen LogP contribution in [0, 0.1) is 0 Å². The van der Waals surface area contributed by atoms with Gasteiger partial charge >= 0.3 is 6.85 Å². The fourth-order valence-electron chi connectivity index (χ4n) is 14.6. The number of anilines is 2. The Morgan fingerprint density at radius 1 is 0.522 bits per heavy atom. The van der Waals surface area contributed by atoms with Crippen LogP contribution >= 0.6 is 0 Å². The van der Waals surface area contributed by atoms with Gasteiger partial charge in [0.2, 0.25) is 0 Å². The van der Waals surface area contributed by atoms with Gasteiger partial charge in [0.05, 0.1) is 11.0 Å². The number of rotatable bonds is 1. The minimum atomic E-state index is -0.251. The van der Waals surface area contributed by atoms with Crippen LogP contribution in [-0.2, 0) is 32.5 Å². The standard InChI is InChI=1S/C65H65BN2O/c1-60(2,3)36-22-24-37(25-23-36)68-50-34-47-45(62(6,7)27-29-64(47,10)11)31-42(50)55-54-39-19-14-16-20-43(39)65(12,13)57(54)56-41-30-44-46(63(8,9)28-26-61(44,4)5)33-49(41)67-51-35-53-40(38-18-15-17-21-52(38)69-53)32-48(51)66(68)58(55)59(56)67/h14-25,30-35H,26-29H2,1-13H3. The summed E-state index contributed by atoms with van der Waals surface area (Å²) >= 11 is 0. The van der Waals surface area contributed by atoms with E-state index in [4.69, 9.17) is 4.42 Å². The molecular formula is C65H65BN2O. The van der Waals surface area contributed by atoms with Crippen LogP contribution < -0.4 is 15.7 Å². The molecular weight excluding hydrogens is 836 g/mol. The third-order valence-electron chi connectivity index (χ3n) is 18.8. The monoisotopic (exact) mass is 901 g/mol. The normalized spacial score (nSPS) is 19.4. The Hall–Kier alpha value is -6.00. The van der Waals surface area contributed by atoms with Crippen LogP contribution in [0.1, 0.15) is 155 Å². The van der Waals surface area contributed by atoms with Gasteiger partial charge in [-0.1, -0.05) is 151 Å². The average molecular weight is 901 g/mol. The van der Waals surface area contributed by atoms with E-state index in [0.29, 0.717) is 0 Å². The summed E-state index contributed by atoms with van der Waals surface area (Å²) in [6.07, 6.45) is 4.67. The number of aromatic nitrogens is 1. The number of furan rings is 1. The summed E-state index contributed by atoms with van der Waals surface area (Å²) in [5, 5.41) is 5.15. The van der Waals surface area contributed by atoms with E-state index in [2.05, 4.69) is 209 Å². The summed E-state index contributed by atoms with van der Waals surface area (Å²) in [4.78, 5) is 2.78. The summed E-state index contributed by atoms with van der Waals surface area (Å²) in [6.45, 7) is 31.8. The molecule has 0 bridgehead atoms.